The van der Waals surface area contributed by atoms with Gasteiger partial charge in [0.25, 0.3) is 0 Å². The van der Waals surface area contributed by atoms with Crippen molar-refractivity contribution in [1.29, 1.82) is 0 Å². The quantitative estimate of drug-likeness (QED) is 0.411. The van der Waals surface area contributed by atoms with Crippen molar-refractivity contribution in [2.45, 2.75) is 44.1 Å². The second-order valence-corrected chi connectivity index (χ2v) is 10.4. The van der Waals surface area contributed by atoms with Gasteiger partial charge in [-0.2, -0.15) is 0 Å². The molecule has 2 N–H and O–H groups in total. The average molecular weight is 480 g/mol. The largest absolute Gasteiger partial charge is 0.494 e. The van der Waals surface area contributed by atoms with Crippen molar-refractivity contribution in [3.05, 3.63) is 65.0 Å². The van der Waals surface area contributed by atoms with Crippen molar-refractivity contribution in [2.75, 3.05) is 27.2 Å². The van der Waals surface area contributed by atoms with Gasteiger partial charge in [0.15, 0.2) is 0 Å². The smallest absolute Gasteiger partial charge is 0.146 e. The number of aromatic nitrogens is 2. The summed E-state index contributed by atoms with van der Waals surface area (Å²) in [6.45, 7) is 1.85. The molecule has 3 aliphatic rings. The van der Waals surface area contributed by atoms with Gasteiger partial charge in [-0.3, -0.25) is 0 Å². The number of imidazole rings is 1. The van der Waals surface area contributed by atoms with Gasteiger partial charge in [0.1, 0.15) is 17.1 Å². The molecule has 6 heteroatoms. The minimum absolute atomic E-state index is 0.261. The van der Waals surface area contributed by atoms with E-state index in [2.05, 4.69) is 53.3 Å². The first-order valence-electron chi connectivity index (χ1n) is 12.4. The number of allylic oxidation sites excluding steroid dienone is 1. The number of benzene rings is 2. The van der Waals surface area contributed by atoms with Crippen LogP contribution in [0.1, 0.15) is 43.5 Å². The number of aliphatic hydroxyl groups is 1. The van der Waals surface area contributed by atoms with Crippen molar-refractivity contribution in [3.8, 4) is 5.75 Å². The van der Waals surface area contributed by atoms with Gasteiger partial charge in [-0.1, -0.05) is 48.0 Å². The van der Waals surface area contributed by atoms with Crippen LogP contribution >= 0.6 is 11.6 Å². The number of methoxy groups -OCH3 is 1. The first-order chi connectivity index (χ1) is 16.5. The molecule has 0 saturated heterocycles. The normalized spacial score (nSPS) is 24.1. The number of nitrogens with one attached hydrogen (secondary N) is 1. The van der Waals surface area contributed by atoms with E-state index in [0.717, 1.165) is 67.8 Å². The van der Waals surface area contributed by atoms with Gasteiger partial charge in [0, 0.05) is 18.9 Å². The van der Waals surface area contributed by atoms with Crippen molar-refractivity contribution in [1.82, 2.24) is 14.9 Å². The Hall–Kier alpha value is -2.34. The topological polar surface area (TPSA) is 61.4 Å². The molecule has 2 bridgehead atoms. The van der Waals surface area contributed by atoms with Crippen LogP contribution in [0, 0.1) is 11.8 Å². The Morgan fingerprint density at radius 3 is 2.74 bits per heavy atom. The fraction of sp³-hybridized carbons (Fsp3) is 0.464. The van der Waals surface area contributed by atoms with Crippen LogP contribution in [0.2, 0.25) is 5.02 Å². The number of H-pyrrole nitrogens is 1. The molecule has 6 rings (SSSR count). The third-order valence-electron chi connectivity index (χ3n) is 7.75. The highest BCUT2D eigenvalue weighted by Crippen LogP contribution is 2.51. The van der Waals surface area contributed by atoms with Gasteiger partial charge in [0.2, 0.25) is 0 Å². The molecule has 5 nitrogen and oxygen atoms in total. The number of aryl methyl sites for hydroxylation is 1. The van der Waals surface area contributed by atoms with Gasteiger partial charge in [-0.25, -0.2) is 4.98 Å². The maximum absolute atomic E-state index is 11.5. The number of aromatic amines is 1. The van der Waals surface area contributed by atoms with Crippen molar-refractivity contribution in [3.63, 3.8) is 0 Å². The summed E-state index contributed by atoms with van der Waals surface area (Å²) < 4.78 is 5.41. The van der Waals surface area contributed by atoms with E-state index in [-0.39, 0.29) is 5.92 Å². The van der Waals surface area contributed by atoms with Crippen LogP contribution in [0.4, 0.5) is 0 Å². The third-order valence-corrected chi connectivity index (χ3v) is 8.06. The number of hydrogen-bond acceptors (Lipinski definition) is 4. The molecule has 3 atom stereocenters. The van der Waals surface area contributed by atoms with Crippen LogP contribution in [0.15, 0.2) is 48.5 Å². The predicted molar refractivity (Wildman–Crippen MR) is 138 cm³/mol. The molecule has 0 aliphatic heterocycles. The Morgan fingerprint density at radius 1 is 1.18 bits per heavy atom. The lowest BCUT2D eigenvalue weighted by Crippen LogP contribution is -2.48. The number of hydrogen-bond donors (Lipinski definition) is 2. The lowest BCUT2D eigenvalue weighted by atomic mass is 9.61. The fourth-order valence-electron chi connectivity index (χ4n) is 5.82. The molecule has 3 unspecified atom stereocenters. The molecule has 1 aromatic heterocycles. The van der Waals surface area contributed by atoms with Crippen molar-refractivity contribution >= 4 is 28.2 Å². The van der Waals surface area contributed by atoms with Gasteiger partial charge in [0.05, 0.1) is 23.3 Å². The van der Waals surface area contributed by atoms with E-state index in [0.29, 0.717) is 10.9 Å². The second-order valence-electron chi connectivity index (χ2n) is 9.99. The molecule has 1 saturated carbocycles. The van der Waals surface area contributed by atoms with Gasteiger partial charge < -0.3 is 19.7 Å². The first kappa shape index (κ1) is 23.4. The maximum Gasteiger partial charge on any atom is 0.146 e. The van der Waals surface area contributed by atoms with Gasteiger partial charge in [-0.05, 0) is 74.9 Å². The van der Waals surface area contributed by atoms with Crippen LogP contribution in [0.25, 0.3) is 16.6 Å². The Kier molecular flexibility index (Phi) is 6.70. The van der Waals surface area contributed by atoms with Crippen LogP contribution in [-0.4, -0.2) is 52.8 Å². The minimum atomic E-state index is -0.582. The molecule has 0 amide bonds. The SMILES string of the molecule is COc1ccc(Cl)c2[nH]c(CCCN(C)CCC3(O)CC4CCC3C=C4c3ccccc3)nc12. The Bertz CT molecular complexity index is 1180. The summed E-state index contributed by atoms with van der Waals surface area (Å²) in [5.41, 5.74) is 3.80. The highest BCUT2D eigenvalue weighted by molar-refractivity contribution is 6.35. The fourth-order valence-corrected chi connectivity index (χ4v) is 6.02. The molecule has 0 radical (unpaired) electrons. The summed E-state index contributed by atoms with van der Waals surface area (Å²) in [6, 6.07) is 14.4. The molecule has 180 valence electrons. The van der Waals surface area contributed by atoms with E-state index in [1.165, 1.54) is 17.6 Å². The van der Waals surface area contributed by atoms with Crippen molar-refractivity contribution < 1.29 is 9.84 Å². The lowest BCUT2D eigenvalue weighted by Gasteiger charge is -2.48. The Morgan fingerprint density at radius 2 is 2.00 bits per heavy atom. The predicted octanol–water partition coefficient (Wildman–Crippen LogP) is 5.72. The Labute approximate surface area is 206 Å². The number of halogens is 1. The van der Waals surface area contributed by atoms with E-state index < -0.39 is 5.60 Å². The van der Waals surface area contributed by atoms with E-state index in [9.17, 15) is 5.11 Å². The lowest BCUT2D eigenvalue weighted by molar-refractivity contribution is -0.0574. The zero-order valence-corrected chi connectivity index (χ0v) is 20.8. The number of fused-ring (bicyclic) bond motifs is 3. The highest BCUT2D eigenvalue weighted by atomic mass is 35.5. The molecule has 1 fully saturated rings. The van der Waals surface area contributed by atoms with Crippen molar-refractivity contribution in [2.24, 2.45) is 11.8 Å². The first-order valence-corrected chi connectivity index (χ1v) is 12.7. The number of nitrogens with zero attached hydrogens (tertiary/aromatic N) is 2. The molecule has 1 heterocycles. The maximum atomic E-state index is 11.5. The zero-order chi connectivity index (χ0) is 23.7. The van der Waals surface area contributed by atoms with Crippen LogP contribution in [0.5, 0.6) is 5.75 Å². The van der Waals surface area contributed by atoms with E-state index in [4.69, 9.17) is 21.3 Å². The standard InChI is InChI=1S/C28H34ClN3O2/c1-32(15-6-9-25-30-26-23(29)12-13-24(34-2)27(26)31-25)16-14-28(33)18-20-10-11-21(28)17-22(20)19-7-4-3-5-8-19/h3-5,7-8,12-13,17,20-21,33H,6,9-11,14-16,18H2,1-2H3,(H,30,31). The third kappa shape index (κ3) is 4.61. The minimum Gasteiger partial charge on any atom is -0.494 e. The molecule has 2 aromatic carbocycles. The summed E-state index contributed by atoms with van der Waals surface area (Å²) in [5.74, 6) is 2.39. The zero-order valence-electron chi connectivity index (χ0n) is 20.1. The summed E-state index contributed by atoms with van der Waals surface area (Å²) in [4.78, 5) is 10.4. The molecule has 3 aliphatic carbocycles. The van der Waals surface area contributed by atoms with Gasteiger partial charge >= 0.3 is 0 Å². The Balaban J connectivity index is 1.14. The number of ether oxygens (including phenoxy) is 1. The highest BCUT2D eigenvalue weighted by Gasteiger charge is 2.46. The van der Waals surface area contributed by atoms with Crippen LogP contribution in [0.3, 0.4) is 0 Å². The molecule has 0 spiro atoms. The van der Waals surface area contributed by atoms with Crippen LogP contribution < -0.4 is 4.74 Å². The summed E-state index contributed by atoms with van der Waals surface area (Å²) in [7, 11) is 3.80. The van der Waals surface area contributed by atoms with E-state index >= 15 is 0 Å². The summed E-state index contributed by atoms with van der Waals surface area (Å²) in [6.07, 6.45) is 8.19. The molecule has 3 aromatic rings. The molecular weight excluding hydrogens is 446 g/mol. The number of rotatable bonds is 9. The summed E-state index contributed by atoms with van der Waals surface area (Å²) >= 11 is 6.32. The van der Waals surface area contributed by atoms with E-state index in [1.807, 2.05) is 12.1 Å². The molecular formula is C28H34ClN3O2. The van der Waals surface area contributed by atoms with Gasteiger partial charge in [-0.15, -0.1) is 0 Å². The summed E-state index contributed by atoms with van der Waals surface area (Å²) in [5, 5.41) is 12.2. The second kappa shape index (κ2) is 9.73. The average Bonchev–Trinajstić information content (AvgIpc) is 3.29. The molecule has 34 heavy (non-hydrogen) atoms. The van der Waals surface area contributed by atoms with E-state index in [1.54, 1.807) is 7.11 Å². The van der Waals surface area contributed by atoms with Crippen LogP contribution in [-0.2, 0) is 6.42 Å². The monoisotopic (exact) mass is 479 g/mol.